The van der Waals surface area contributed by atoms with Crippen LogP contribution in [0.5, 0.6) is 0 Å². The summed E-state index contributed by atoms with van der Waals surface area (Å²) in [4.78, 5) is 24.1. The van der Waals surface area contributed by atoms with E-state index in [4.69, 9.17) is 9.52 Å². The smallest absolute Gasteiger partial charge is 0.326 e. The highest BCUT2D eigenvalue weighted by Gasteiger charge is 2.21. The van der Waals surface area contributed by atoms with Gasteiger partial charge in [0.05, 0.1) is 12.8 Å². The van der Waals surface area contributed by atoms with E-state index < -0.39 is 18.0 Å². The fourth-order valence-corrected chi connectivity index (χ4v) is 1.51. The van der Waals surface area contributed by atoms with Gasteiger partial charge >= 0.3 is 12.0 Å². The molecule has 0 fully saturated rings. The van der Waals surface area contributed by atoms with Crippen molar-refractivity contribution >= 4 is 12.0 Å². The number of carboxylic acids is 1. The Morgan fingerprint density at radius 3 is 2.78 bits per heavy atom. The van der Waals surface area contributed by atoms with Crippen LogP contribution in [-0.2, 0) is 11.3 Å². The molecular weight excluding hydrogens is 236 g/mol. The molecule has 6 nitrogen and oxygen atoms in total. The Labute approximate surface area is 106 Å². The van der Waals surface area contributed by atoms with Gasteiger partial charge in [0, 0.05) is 7.05 Å². The lowest BCUT2D eigenvalue weighted by Gasteiger charge is -2.20. The fraction of sp³-hybridized carbons (Fsp3) is 0.500. The zero-order valence-corrected chi connectivity index (χ0v) is 10.5. The van der Waals surface area contributed by atoms with Crippen LogP contribution in [0.1, 0.15) is 25.5 Å². The number of amides is 2. The molecule has 0 spiro atoms. The summed E-state index contributed by atoms with van der Waals surface area (Å²) in [7, 11) is 1.59. The molecular formula is C12H18N2O4. The first-order chi connectivity index (χ1) is 8.54. The molecule has 0 unspecified atom stereocenters. The molecule has 0 radical (unpaired) electrons. The molecule has 0 bridgehead atoms. The predicted octanol–water partition coefficient (Wildman–Crippen LogP) is 1.67. The largest absolute Gasteiger partial charge is 0.480 e. The Morgan fingerprint density at radius 2 is 2.28 bits per heavy atom. The minimum Gasteiger partial charge on any atom is -0.480 e. The third kappa shape index (κ3) is 4.12. The van der Waals surface area contributed by atoms with Crippen molar-refractivity contribution in [3.05, 3.63) is 24.2 Å². The molecule has 1 aromatic rings. The Hall–Kier alpha value is -1.98. The van der Waals surface area contributed by atoms with Crippen LogP contribution in [0.4, 0.5) is 4.79 Å². The van der Waals surface area contributed by atoms with Crippen molar-refractivity contribution in [2.75, 3.05) is 7.05 Å². The van der Waals surface area contributed by atoms with E-state index in [1.807, 2.05) is 6.92 Å². The maximum atomic E-state index is 11.8. The van der Waals surface area contributed by atoms with Gasteiger partial charge < -0.3 is 19.7 Å². The van der Waals surface area contributed by atoms with Gasteiger partial charge in [-0.3, -0.25) is 0 Å². The molecule has 1 rings (SSSR count). The van der Waals surface area contributed by atoms with Gasteiger partial charge in [-0.2, -0.15) is 0 Å². The third-order valence-electron chi connectivity index (χ3n) is 2.49. The number of hydrogen-bond acceptors (Lipinski definition) is 3. The summed E-state index contributed by atoms with van der Waals surface area (Å²) in [5, 5.41) is 11.4. The number of carboxylic acid groups (broad SMARTS) is 1. The molecule has 1 heterocycles. The maximum absolute atomic E-state index is 11.8. The van der Waals surface area contributed by atoms with E-state index in [1.165, 1.54) is 11.2 Å². The molecule has 0 saturated heterocycles. The van der Waals surface area contributed by atoms with Crippen LogP contribution in [0.3, 0.4) is 0 Å². The Kier molecular flexibility index (Phi) is 5.23. The zero-order valence-electron chi connectivity index (χ0n) is 10.5. The fourth-order valence-electron chi connectivity index (χ4n) is 1.51. The Balaban J connectivity index is 2.50. The topological polar surface area (TPSA) is 82.8 Å². The van der Waals surface area contributed by atoms with E-state index in [0.717, 1.165) is 0 Å². The molecule has 2 amide bonds. The van der Waals surface area contributed by atoms with E-state index in [2.05, 4.69) is 5.32 Å². The van der Waals surface area contributed by atoms with Crippen LogP contribution in [0, 0.1) is 0 Å². The van der Waals surface area contributed by atoms with Crippen LogP contribution in [0.25, 0.3) is 0 Å². The Morgan fingerprint density at radius 1 is 1.56 bits per heavy atom. The Bertz CT molecular complexity index is 389. The minimum absolute atomic E-state index is 0.303. The van der Waals surface area contributed by atoms with Crippen LogP contribution in [0.15, 0.2) is 22.8 Å². The van der Waals surface area contributed by atoms with Crippen molar-refractivity contribution in [2.45, 2.75) is 32.4 Å². The summed E-state index contributed by atoms with van der Waals surface area (Å²) < 4.78 is 5.12. The van der Waals surface area contributed by atoms with Crippen LogP contribution < -0.4 is 5.32 Å². The highest BCUT2D eigenvalue weighted by Crippen LogP contribution is 2.05. The van der Waals surface area contributed by atoms with Gasteiger partial charge in [-0.15, -0.1) is 0 Å². The van der Waals surface area contributed by atoms with Gasteiger partial charge in [-0.25, -0.2) is 9.59 Å². The molecule has 0 aliphatic rings. The van der Waals surface area contributed by atoms with E-state index in [0.29, 0.717) is 25.1 Å². The van der Waals surface area contributed by atoms with Gasteiger partial charge in [-0.05, 0) is 18.6 Å². The molecule has 2 N–H and O–H groups in total. The molecule has 100 valence electrons. The molecule has 0 aliphatic heterocycles. The summed E-state index contributed by atoms with van der Waals surface area (Å²) in [6.45, 7) is 2.17. The molecule has 0 aliphatic carbocycles. The standard InChI is InChI=1S/C12H18N2O4/c1-3-5-10(11(15)16)13-12(17)14(2)8-9-6-4-7-18-9/h4,6-7,10H,3,5,8H2,1-2H3,(H,13,17)(H,15,16)/t10-/m0/s1. The number of nitrogens with zero attached hydrogens (tertiary/aromatic N) is 1. The zero-order chi connectivity index (χ0) is 13.5. The van der Waals surface area contributed by atoms with Crippen molar-refractivity contribution in [3.8, 4) is 0 Å². The second kappa shape index (κ2) is 6.68. The number of aliphatic carboxylic acids is 1. The molecule has 1 atom stereocenters. The average molecular weight is 254 g/mol. The normalized spacial score (nSPS) is 11.9. The molecule has 18 heavy (non-hydrogen) atoms. The van der Waals surface area contributed by atoms with Crippen LogP contribution in [0.2, 0.25) is 0 Å². The summed E-state index contributed by atoms with van der Waals surface area (Å²) in [6.07, 6.45) is 2.63. The average Bonchev–Trinajstić information content (AvgIpc) is 2.80. The van der Waals surface area contributed by atoms with Crippen molar-refractivity contribution in [1.82, 2.24) is 10.2 Å². The first-order valence-electron chi connectivity index (χ1n) is 5.81. The lowest BCUT2D eigenvalue weighted by Crippen LogP contribution is -2.46. The highest BCUT2D eigenvalue weighted by atomic mass is 16.4. The SMILES string of the molecule is CCC[C@H](NC(=O)N(C)Cc1ccco1)C(=O)O. The monoisotopic (exact) mass is 254 g/mol. The lowest BCUT2D eigenvalue weighted by atomic mass is 10.2. The first-order valence-corrected chi connectivity index (χ1v) is 5.81. The van der Waals surface area contributed by atoms with Gasteiger partial charge in [0.15, 0.2) is 0 Å². The van der Waals surface area contributed by atoms with Crippen molar-refractivity contribution in [1.29, 1.82) is 0 Å². The number of urea groups is 1. The minimum atomic E-state index is -1.02. The van der Waals surface area contributed by atoms with Crippen LogP contribution >= 0.6 is 0 Å². The van der Waals surface area contributed by atoms with Gasteiger partial charge in [0.25, 0.3) is 0 Å². The number of rotatable bonds is 6. The summed E-state index contributed by atoms with van der Waals surface area (Å²) in [6, 6.07) is 2.22. The number of nitrogens with one attached hydrogen (secondary N) is 1. The van der Waals surface area contributed by atoms with E-state index in [9.17, 15) is 9.59 Å². The van der Waals surface area contributed by atoms with E-state index in [1.54, 1.807) is 19.2 Å². The van der Waals surface area contributed by atoms with Crippen molar-refractivity contribution in [2.24, 2.45) is 0 Å². The van der Waals surface area contributed by atoms with E-state index >= 15 is 0 Å². The second-order valence-electron chi connectivity index (χ2n) is 4.06. The summed E-state index contributed by atoms with van der Waals surface area (Å²) >= 11 is 0. The molecule has 0 saturated carbocycles. The quantitative estimate of drug-likeness (QED) is 0.809. The maximum Gasteiger partial charge on any atom is 0.326 e. The molecule has 6 heteroatoms. The van der Waals surface area contributed by atoms with Gasteiger partial charge in [-0.1, -0.05) is 13.3 Å². The third-order valence-corrected chi connectivity index (χ3v) is 2.49. The molecule has 0 aromatic carbocycles. The summed E-state index contributed by atoms with van der Waals surface area (Å²) in [5.74, 6) is -0.369. The van der Waals surface area contributed by atoms with Gasteiger partial charge in [0.2, 0.25) is 0 Å². The van der Waals surface area contributed by atoms with Crippen molar-refractivity contribution in [3.63, 3.8) is 0 Å². The second-order valence-corrected chi connectivity index (χ2v) is 4.06. The van der Waals surface area contributed by atoms with Crippen molar-refractivity contribution < 1.29 is 19.1 Å². The number of carbonyl (C=O) groups is 2. The lowest BCUT2D eigenvalue weighted by molar-refractivity contribution is -0.139. The van der Waals surface area contributed by atoms with Gasteiger partial charge in [0.1, 0.15) is 11.8 Å². The number of carbonyl (C=O) groups excluding carboxylic acids is 1. The first kappa shape index (κ1) is 14.1. The molecule has 1 aromatic heterocycles. The summed E-state index contributed by atoms with van der Waals surface area (Å²) in [5.41, 5.74) is 0. The van der Waals surface area contributed by atoms with Crippen LogP contribution in [-0.4, -0.2) is 35.1 Å². The number of furan rings is 1. The predicted molar refractivity (Wildman–Crippen MR) is 65.0 cm³/mol. The highest BCUT2D eigenvalue weighted by molar-refractivity contribution is 5.82. The number of hydrogen-bond donors (Lipinski definition) is 2. The van der Waals surface area contributed by atoms with E-state index in [-0.39, 0.29) is 0 Å².